The second-order valence-corrected chi connectivity index (χ2v) is 6.18. The lowest BCUT2D eigenvalue weighted by molar-refractivity contribution is 0.0124. The molecule has 1 saturated heterocycles. The number of hydrogen-bond donors (Lipinski definition) is 1. The van der Waals surface area contributed by atoms with Crippen LogP contribution in [0.15, 0.2) is 12.4 Å². The number of carbonyl (C=O) groups is 1. The Hall–Kier alpha value is -1.53. The van der Waals surface area contributed by atoms with Crippen LogP contribution in [-0.2, 0) is 4.74 Å². The molecule has 2 heterocycles. The predicted octanol–water partition coefficient (Wildman–Crippen LogP) is 1.26. The molecule has 1 aliphatic heterocycles. The van der Waals surface area contributed by atoms with Crippen molar-refractivity contribution in [3.8, 4) is 0 Å². The van der Waals surface area contributed by atoms with Crippen molar-refractivity contribution in [2.45, 2.75) is 33.2 Å². The average molecular weight is 306 g/mol. The van der Waals surface area contributed by atoms with Crippen LogP contribution in [0, 0.1) is 12.8 Å². The minimum Gasteiger partial charge on any atom is -0.379 e. The molecule has 1 N–H and O–H groups in total. The van der Waals surface area contributed by atoms with Crippen LogP contribution < -0.4 is 5.32 Å². The number of aromatic nitrogens is 2. The first-order chi connectivity index (χ1) is 10.6. The highest BCUT2D eigenvalue weighted by molar-refractivity contribution is 5.91. The number of nitrogens with one attached hydrogen (secondary N) is 1. The van der Waals surface area contributed by atoms with E-state index in [0.717, 1.165) is 38.4 Å². The normalized spacial score (nSPS) is 17.5. The summed E-state index contributed by atoms with van der Waals surface area (Å²) < 4.78 is 5.41. The second kappa shape index (κ2) is 8.19. The summed E-state index contributed by atoms with van der Waals surface area (Å²) in [5.74, 6) is 0.429. The van der Waals surface area contributed by atoms with Gasteiger partial charge in [-0.05, 0) is 19.3 Å². The molecule has 0 bridgehead atoms. The summed E-state index contributed by atoms with van der Waals surface area (Å²) in [6.45, 7) is 10.3. The maximum atomic E-state index is 12.2. The minimum atomic E-state index is -0.158. The number of carbonyl (C=O) groups excluding carboxylic acids is 1. The summed E-state index contributed by atoms with van der Waals surface area (Å²) >= 11 is 0. The van der Waals surface area contributed by atoms with Crippen LogP contribution >= 0.6 is 0 Å². The molecule has 6 nitrogen and oxygen atoms in total. The smallest absolute Gasteiger partial charge is 0.271 e. The van der Waals surface area contributed by atoms with Crippen molar-refractivity contribution < 1.29 is 9.53 Å². The van der Waals surface area contributed by atoms with Crippen LogP contribution in [0.5, 0.6) is 0 Å². The van der Waals surface area contributed by atoms with Gasteiger partial charge in [0.15, 0.2) is 0 Å². The topological polar surface area (TPSA) is 67.4 Å². The highest BCUT2D eigenvalue weighted by Crippen LogP contribution is 2.13. The van der Waals surface area contributed by atoms with Crippen LogP contribution in [0.1, 0.15) is 36.5 Å². The maximum Gasteiger partial charge on any atom is 0.271 e. The molecule has 122 valence electrons. The first-order valence-electron chi connectivity index (χ1n) is 7.95. The van der Waals surface area contributed by atoms with E-state index in [1.54, 1.807) is 6.20 Å². The molecule has 6 heteroatoms. The number of aryl methyl sites for hydroxylation is 1. The van der Waals surface area contributed by atoms with Crippen LogP contribution in [0.2, 0.25) is 0 Å². The number of morpholine rings is 1. The van der Waals surface area contributed by atoms with Gasteiger partial charge in [-0.15, -0.1) is 0 Å². The molecule has 0 spiro atoms. The quantitative estimate of drug-likeness (QED) is 0.857. The SMILES string of the molecule is Cc1cnc(C(=O)NC[C@@H](CC(C)C)N2CCOCC2)cn1. The summed E-state index contributed by atoms with van der Waals surface area (Å²) in [6.07, 6.45) is 4.19. The summed E-state index contributed by atoms with van der Waals surface area (Å²) in [5, 5.41) is 3.00. The van der Waals surface area contributed by atoms with Gasteiger partial charge in [-0.2, -0.15) is 0 Å². The molecule has 0 unspecified atom stereocenters. The molecule has 0 aliphatic carbocycles. The number of ether oxygens (including phenoxy) is 1. The van der Waals surface area contributed by atoms with E-state index < -0.39 is 0 Å². The standard InChI is InChI=1S/C16H26N4O2/c1-12(2)8-14(20-4-6-22-7-5-20)10-19-16(21)15-11-17-13(3)9-18-15/h9,11-12,14H,4-8,10H2,1-3H3,(H,19,21)/t14-/m1/s1. The molecule has 0 radical (unpaired) electrons. The molecular weight excluding hydrogens is 280 g/mol. The van der Waals surface area contributed by atoms with Crippen LogP contribution in [0.25, 0.3) is 0 Å². The first kappa shape index (κ1) is 16.8. The van der Waals surface area contributed by atoms with E-state index in [4.69, 9.17) is 4.74 Å². The van der Waals surface area contributed by atoms with Gasteiger partial charge >= 0.3 is 0 Å². The lowest BCUT2D eigenvalue weighted by Gasteiger charge is -2.35. The Morgan fingerprint density at radius 3 is 2.64 bits per heavy atom. The Kier molecular flexibility index (Phi) is 6.27. The molecule has 1 aliphatic rings. The van der Waals surface area contributed by atoms with Gasteiger partial charge < -0.3 is 10.1 Å². The summed E-state index contributed by atoms with van der Waals surface area (Å²) in [7, 11) is 0. The first-order valence-corrected chi connectivity index (χ1v) is 7.95. The average Bonchev–Trinajstić information content (AvgIpc) is 2.52. The zero-order chi connectivity index (χ0) is 15.9. The van der Waals surface area contributed by atoms with E-state index in [0.29, 0.717) is 24.2 Å². The molecule has 1 aromatic rings. The van der Waals surface area contributed by atoms with E-state index in [1.807, 2.05) is 6.92 Å². The van der Waals surface area contributed by atoms with E-state index >= 15 is 0 Å². The van der Waals surface area contributed by atoms with Gasteiger partial charge in [-0.25, -0.2) is 4.98 Å². The van der Waals surface area contributed by atoms with Gasteiger partial charge in [-0.3, -0.25) is 14.7 Å². The second-order valence-electron chi connectivity index (χ2n) is 6.18. The third-order valence-electron chi connectivity index (χ3n) is 3.82. The van der Waals surface area contributed by atoms with Crippen molar-refractivity contribution in [1.82, 2.24) is 20.2 Å². The lowest BCUT2D eigenvalue weighted by atomic mass is 10.0. The van der Waals surface area contributed by atoms with Crippen molar-refractivity contribution in [2.75, 3.05) is 32.8 Å². The summed E-state index contributed by atoms with van der Waals surface area (Å²) in [6, 6.07) is 0.339. The van der Waals surface area contributed by atoms with Crippen LogP contribution in [0.3, 0.4) is 0 Å². The van der Waals surface area contributed by atoms with Gasteiger partial charge in [0.25, 0.3) is 5.91 Å². The van der Waals surface area contributed by atoms with Crippen molar-refractivity contribution in [1.29, 1.82) is 0 Å². The molecular formula is C16H26N4O2. The Morgan fingerprint density at radius 1 is 1.32 bits per heavy atom. The molecule has 0 saturated carbocycles. The Balaban J connectivity index is 1.91. The molecule has 1 amide bonds. The molecule has 1 atom stereocenters. The van der Waals surface area contributed by atoms with Crippen molar-refractivity contribution in [2.24, 2.45) is 5.92 Å². The fraction of sp³-hybridized carbons (Fsp3) is 0.688. The van der Waals surface area contributed by atoms with Gasteiger partial charge in [0, 0.05) is 31.9 Å². The van der Waals surface area contributed by atoms with Crippen LogP contribution in [-0.4, -0.2) is 59.7 Å². The number of hydrogen-bond acceptors (Lipinski definition) is 5. The maximum absolute atomic E-state index is 12.2. The number of rotatable bonds is 6. The molecule has 1 fully saturated rings. The fourth-order valence-corrected chi connectivity index (χ4v) is 2.66. The Bertz CT molecular complexity index is 470. The molecule has 0 aromatic carbocycles. The number of amides is 1. The lowest BCUT2D eigenvalue weighted by Crippen LogP contribution is -2.49. The largest absolute Gasteiger partial charge is 0.379 e. The van der Waals surface area contributed by atoms with E-state index in [9.17, 15) is 4.79 Å². The third-order valence-corrected chi connectivity index (χ3v) is 3.82. The van der Waals surface area contributed by atoms with E-state index in [-0.39, 0.29) is 5.91 Å². The highest BCUT2D eigenvalue weighted by atomic mass is 16.5. The van der Waals surface area contributed by atoms with Crippen molar-refractivity contribution >= 4 is 5.91 Å². The Morgan fingerprint density at radius 2 is 2.05 bits per heavy atom. The van der Waals surface area contributed by atoms with E-state index in [2.05, 4.69) is 34.0 Å². The molecule has 22 heavy (non-hydrogen) atoms. The van der Waals surface area contributed by atoms with Gasteiger partial charge in [-0.1, -0.05) is 13.8 Å². The monoisotopic (exact) mass is 306 g/mol. The minimum absolute atomic E-state index is 0.158. The zero-order valence-corrected chi connectivity index (χ0v) is 13.7. The molecule has 1 aromatic heterocycles. The third kappa shape index (κ3) is 5.03. The summed E-state index contributed by atoms with van der Waals surface area (Å²) in [5.41, 5.74) is 1.18. The van der Waals surface area contributed by atoms with Gasteiger partial charge in [0.2, 0.25) is 0 Å². The molecule has 2 rings (SSSR count). The van der Waals surface area contributed by atoms with Crippen LogP contribution in [0.4, 0.5) is 0 Å². The summed E-state index contributed by atoms with van der Waals surface area (Å²) in [4.78, 5) is 22.8. The van der Waals surface area contributed by atoms with E-state index in [1.165, 1.54) is 6.20 Å². The predicted molar refractivity (Wildman–Crippen MR) is 84.7 cm³/mol. The zero-order valence-electron chi connectivity index (χ0n) is 13.7. The van der Waals surface area contributed by atoms with Crippen molar-refractivity contribution in [3.05, 3.63) is 23.8 Å². The number of nitrogens with zero attached hydrogens (tertiary/aromatic N) is 3. The van der Waals surface area contributed by atoms with Gasteiger partial charge in [0.05, 0.1) is 25.1 Å². The van der Waals surface area contributed by atoms with Crippen molar-refractivity contribution in [3.63, 3.8) is 0 Å². The van der Waals surface area contributed by atoms with Gasteiger partial charge in [0.1, 0.15) is 5.69 Å². The highest BCUT2D eigenvalue weighted by Gasteiger charge is 2.22. The fourth-order valence-electron chi connectivity index (χ4n) is 2.66. The Labute approximate surface area is 132 Å².